The Morgan fingerprint density at radius 2 is 0.605 bits per heavy atom. The molecular formula is C70H48N6. The van der Waals surface area contributed by atoms with Crippen LogP contribution in [0.4, 0.5) is 34.6 Å². The van der Waals surface area contributed by atoms with E-state index in [-0.39, 0.29) is 0 Å². The number of imidazole rings is 2. The second-order valence-electron chi connectivity index (χ2n) is 19.0. The number of hydrogen-bond acceptors (Lipinski definition) is 4. The molecule has 12 aromatic carbocycles. The van der Waals surface area contributed by atoms with Crippen molar-refractivity contribution in [2.75, 3.05) is 9.80 Å². The van der Waals surface area contributed by atoms with E-state index in [1.54, 1.807) is 0 Å². The first-order valence-corrected chi connectivity index (χ1v) is 25.7. The Hall–Kier alpha value is -10.3. The molecule has 0 aliphatic heterocycles. The van der Waals surface area contributed by atoms with Gasteiger partial charge in [0.25, 0.3) is 0 Å². The highest BCUT2D eigenvalue weighted by molar-refractivity contribution is 6.26. The van der Waals surface area contributed by atoms with Crippen LogP contribution in [0.3, 0.4) is 0 Å². The SMILES string of the molecule is c1ccc(-c2ccc(N(c3ccccc3-c3ccccc3)c3nccn3-c3ccc4ccc5c(-n6ccnc6N(c6ccc(-c7ccccc7)cc6)c6ccccc6-c6ccccc6)ccc6ccc3c4c65)cc2)cc1. The van der Waals surface area contributed by atoms with Gasteiger partial charge >= 0.3 is 0 Å². The molecular weight excluding hydrogens is 925 g/mol. The molecule has 0 N–H and O–H groups in total. The lowest BCUT2D eigenvalue weighted by Crippen LogP contribution is -2.16. The number of hydrogen-bond donors (Lipinski definition) is 0. The van der Waals surface area contributed by atoms with Crippen LogP contribution in [-0.4, -0.2) is 19.1 Å². The minimum Gasteiger partial charge on any atom is -0.285 e. The molecule has 0 spiro atoms. The van der Waals surface area contributed by atoms with Crippen molar-refractivity contribution < 1.29 is 0 Å². The lowest BCUT2D eigenvalue weighted by molar-refractivity contribution is 1.02. The lowest BCUT2D eigenvalue weighted by Gasteiger charge is -2.28. The summed E-state index contributed by atoms with van der Waals surface area (Å²) in [6.45, 7) is 0. The van der Waals surface area contributed by atoms with E-state index >= 15 is 0 Å². The molecule has 0 radical (unpaired) electrons. The third-order valence-corrected chi connectivity index (χ3v) is 14.7. The van der Waals surface area contributed by atoms with E-state index < -0.39 is 0 Å². The molecule has 2 aromatic heterocycles. The van der Waals surface area contributed by atoms with Gasteiger partial charge in [0.15, 0.2) is 0 Å². The molecule has 0 aliphatic carbocycles. The number of nitrogens with zero attached hydrogens (tertiary/aromatic N) is 6. The monoisotopic (exact) mass is 972 g/mol. The molecule has 0 bridgehead atoms. The Balaban J connectivity index is 0.927. The molecule has 14 rings (SSSR count). The first-order valence-electron chi connectivity index (χ1n) is 25.7. The zero-order valence-electron chi connectivity index (χ0n) is 41.4. The van der Waals surface area contributed by atoms with Crippen LogP contribution in [0.5, 0.6) is 0 Å². The van der Waals surface area contributed by atoms with E-state index in [1.165, 1.54) is 32.7 Å². The standard InChI is InChI=1S/C70H48N6/c1-5-17-49(18-6-1)51-29-37-57(38-30-51)75(65-27-15-13-25-59(65)53-21-9-3-10-22-53)69-71-45-47-73(69)63-43-35-55-34-42-62-64(44-36-56-33-41-61(63)67(55)68(56)62)74-48-46-72-70(74)76(58-39-31-52(32-40-58)50-19-7-2-8-20-50)66-28-16-14-26-60(66)54-23-11-4-12-24-54/h1-48H. The molecule has 0 atom stereocenters. The van der Waals surface area contributed by atoms with Crippen LogP contribution in [0.2, 0.25) is 0 Å². The van der Waals surface area contributed by atoms with Gasteiger partial charge in [-0.15, -0.1) is 0 Å². The largest absolute Gasteiger partial charge is 0.285 e. The summed E-state index contributed by atoms with van der Waals surface area (Å²) in [4.78, 5) is 15.0. The van der Waals surface area contributed by atoms with Gasteiger partial charge < -0.3 is 0 Å². The van der Waals surface area contributed by atoms with E-state index in [0.717, 1.165) is 90.2 Å². The quantitative estimate of drug-likeness (QED) is 0.114. The topological polar surface area (TPSA) is 42.1 Å². The molecule has 6 nitrogen and oxygen atoms in total. The summed E-state index contributed by atoms with van der Waals surface area (Å²) >= 11 is 0. The molecule has 0 saturated heterocycles. The van der Waals surface area contributed by atoms with Crippen LogP contribution in [0.15, 0.2) is 292 Å². The average molecular weight is 973 g/mol. The molecule has 14 aromatic rings. The number of rotatable bonds is 12. The van der Waals surface area contributed by atoms with E-state index in [0.29, 0.717) is 0 Å². The molecule has 0 aliphatic rings. The van der Waals surface area contributed by atoms with E-state index in [9.17, 15) is 0 Å². The highest BCUT2D eigenvalue weighted by atomic mass is 15.3. The first-order chi connectivity index (χ1) is 37.7. The summed E-state index contributed by atoms with van der Waals surface area (Å²) in [5, 5.41) is 6.99. The van der Waals surface area contributed by atoms with Gasteiger partial charge in [0.2, 0.25) is 11.9 Å². The summed E-state index contributed by atoms with van der Waals surface area (Å²) < 4.78 is 4.50. The van der Waals surface area contributed by atoms with Gasteiger partial charge in [-0.2, -0.15) is 0 Å². The number of para-hydroxylation sites is 2. The maximum Gasteiger partial charge on any atom is 0.219 e. The van der Waals surface area contributed by atoms with E-state index in [2.05, 4.69) is 298 Å². The summed E-state index contributed by atoms with van der Waals surface area (Å²) in [6, 6.07) is 95.3. The van der Waals surface area contributed by atoms with Crippen molar-refractivity contribution in [3.8, 4) is 55.9 Å². The molecule has 0 unspecified atom stereocenters. The van der Waals surface area contributed by atoms with Crippen molar-refractivity contribution >= 4 is 67.0 Å². The van der Waals surface area contributed by atoms with Crippen molar-refractivity contribution in [1.82, 2.24) is 19.1 Å². The van der Waals surface area contributed by atoms with Crippen LogP contribution >= 0.6 is 0 Å². The van der Waals surface area contributed by atoms with Gasteiger partial charge in [0.1, 0.15) is 0 Å². The highest BCUT2D eigenvalue weighted by Gasteiger charge is 2.26. The summed E-state index contributed by atoms with van der Waals surface area (Å²) in [5.41, 5.74) is 15.3. The van der Waals surface area contributed by atoms with Crippen molar-refractivity contribution in [1.29, 1.82) is 0 Å². The van der Waals surface area contributed by atoms with Gasteiger partial charge in [-0.1, -0.05) is 218 Å². The fraction of sp³-hybridized carbons (Fsp3) is 0. The smallest absolute Gasteiger partial charge is 0.219 e. The van der Waals surface area contributed by atoms with Gasteiger partial charge in [-0.05, 0) is 103 Å². The van der Waals surface area contributed by atoms with Crippen molar-refractivity contribution in [2.45, 2.75) is 0 Å². The summed E-state index contributed by atoms with van der Waals surface area (Å²) in [7, 11) is 0. The Kier molecular flexibility index (Phi) is 11.1. The second-order valence-corrected chi connectivity index (χ2v) is 19.0. The Morgan fingerprint density at radius 1 is 0.276 bits per heavy atom. The third-order valence-electron chi connectivity index (χ3n) is 14.7. The van der Waals surface area contributed by atoms with Gasteiger partial charge in [-0.3, -0.25) is 18.9 Å². The summed E-state index contributed by atoms with van der Waals surface area (Å²) in [6.07, 6.45) is 8.02. The van der Waals surface area contributed by atoms with Crippen LogP contribution < -0.4 is 9.80 Å². The zero-order chi connectivity index (χ0) is 50.4. The van der Waals surface area contributed by atoms with Gasteiger partial charge in [0.05, 0.1) is 22.7 Å². The number of anilines is 6. The lowest BCUT2D eigenvalue weighted by atomic mass is 9.92. The van der Waals surface area contributed by atoms with Crippen LogP contribution in [-0.2, 0) is 0 Å². The van der Waals surface area contributed by atoms with Crippen molar-refractivity contribution in [2.24, 2.45) is 0 Å². The van der Waals surface area contributed by atoms with Gasteiger partial charge in [0, 0.05) is 58.1 Å². The number of benzene rings is 12. The van der Waals surface area contributed by atoms with Crippen LogP contribution in [0, 0.1) is 0 Å². The summed E-state index contributed by atoms with van der Waals surface area (Å²) in [5.74, 6) is 1.56. The van der Waals surface area contributed by atoms with Crippen molar-refractivity contribution in [3.05, 3.63) is 292 Å². The molecule has 76 heavy (non-hydrogen) atoms. The highest BCUT2D eigenvalue weighted by Crippen LogP contribution is 2.46. The fourth-order valence-corrected chi connectivity index (χ4v) is 11.1. The minimum atomic E-state index is 0.780. The zero-order valence-corrected chi connectivity index (χ0v) is 41.4. The fourth-order valence-electron chi connectivity index (χ4n) is 11.1. The van der Waals surface area contributed by atoms with Crippen molar-refractivity contribution in [3.63, 3.8) is 0 Å². The Morgan fingerprint density at radius 3 is 1.00 bits per heavy atom. The predicted octanol–water partition coefficient (Wildman–Crippen LogP) is 18.6. The van der Waals surface area contributed by atoms with Gasteiger partial charge in [-0.25, -0.2) is 9.97 Å². The molecule has 0 fully saturated rings. The second kappa shape index (κ2) is 19.0. The van der Waals surface area contributed by atoms with Crippen LogP contribution in [0.25, 0.3) is 88.2 Å². The van der Waals surface area contributed by atoms with E-state index in [4.69, 9.17) is 9.97 Å². The first kappa shape index (κ1) is 44.4. The number of aromatic nitrogens is 4. The molecule has 0 amide bonds. The maximum atomic E-state index is 5.21. The third kappa shape index (κ3) is 7.75. The van der Waals surface area contributed by atoms with E-state index in [1.807, 2.05) is 12.4 Å². The molecule has 358 valence electrons. The molecule has 2 heterocycles. The minimum absolute atomic E-state index is 0.780. The predicted molar refractivity (Wildman–Crippen MR) is 316 cm³/mol. The average Bonchev–Trinajstić information content (AvgIpc) is 4.25. The molecule has 0 saturated carbocycles. The normalized spacial score (nSPS) is 11.4. The molecule has 6 heteroatoms. The Labute approximate surface area is 441 Å². The maximum absolute atomic E-state index is 5.21. The van der Waals surface area contributed by atoms with Crippen LogP contribution in [0.1, 0.15) is 0 Å². The Bertz CT molecular complexity index is 4040.